The fourth-order valence-corrected chi connectivity index (χ4v) is 3.13. The van der Waals surface area contributed by atoms with E-state index >= 15 is 0 Å². The highest BCUT2D eigenvalue weighted by molar-refractivity contribution is 6.11. The highest BCUT2D eigenvalue weighted by Crippen LogP contribution is 2.27. The van der Waals surface area contributed by atoms with Crippen LogP contribution >= 0.6 is 0 Å². The molecule has 2 aromatic carbocycles. The number of carbonyl (C=O) groups excluding carboxylic acids is 3. The lowest BCUT2D eigenvalue weighted by molar-refractivity contribution is -0.149. The van der Waals surface area contributed by atoms with Crippen LogP contribution in [0.2, 0.25) is 0 Å². The van der Waals surface area contributed by atoms with E-state index < -0.39 is 24.3 Å². The van der Waals surface area contributed by atoms with E-state index in [-0.39, 0.29) is 24.7 Å². The zero-order valence-electron chi connectivity index (χ0n) is 16.0. The second-order valence-corrected chi connectivity index (χ2v) is 6.49. The van der Waals surface area contributed by atoms with Gasteiger partial charge in [-0.1, -0.05) is 35.5 Å². The number of nitrogens with zero attached hydrogens (tertiary/aromatic N) is 3. The van der Waals surface area contributed by atoms with Crippen LogP contribution in [-0.4, -0.2) is 46.5 Å². The summed E-state index contributed by atoms with van der Waals surface area (Å²) in [4.78, 5) is 42.0. The Bertz CT molecular complexity index is 1120. The summed E-state index contributed by atoms with van der Waals surface area (Å²) in [5.74, 6) is -0.790. The van der Waals surface area contributed by atoms with E-state index in [1.54, 1.807) is 42.5 Å². The van der Waals surface area contributed by atoms with Gasteiger partial charge in [-0.15, -0.1) is 0 Å². The zero-order valence-corrected chi connectivity index (χ0v) is 16.0. The molecule has 9 heteroatoms. The van der Waals surface area contributed by atoms with Gasteiger partial charge in [0.25, 0.3) is 11.8 Å². The van der Waals surface area contributed by atoms with Gasteiger partial charge in [-0.2, -0.15) is 4.98 Å². The maximum Gasteiger partial charge on any atom is 0.326 e. The number of ether oxygens (including phenoxy) is 2. The monoisotopic (exact) mass is 407 g/mol. The third-order valence-corrected chi connectivity index (χ3v) is 4.60. The number of carbonyl (C=O) groups is 3. The van der Waals surface area contributed by atoms with E-state index in [0.717, 1.165) is 4.90 Å². The van der Waals surface area contributed by atoms with Gasteiger partial charge in [0.15, 0.2) is 6.61 Å². The number of esters is 1. The number of methoxy groups -OCH3 is 1. The number of amides is 2. The molecule has 3 aromatic rings. The van der Waals surface area contributed by atoms with Crippen LogP contribution in [0, 0.1) is 0 Å². The van der Waals surface area contributed by atoms with Crippen molar-refractivity contribution < 1.29 is 28.4 Å². The molecule has 4 rings (SSSR count). The Kier molecular flexibility index (Phi) is 5.25. The van der Waals surface area contributed by atoms with E-state index in [2.05, 4.69) is 10.1 Å². The molecule has 0 N–H and O–H groups in total. The van der Waals surface area contributed by atoms with Crippen molar-refractivity contribution in [1.82, 2.24) is 15.0 Å². The average molecular weight is 407 g/mol. The first-order valence-electron chi connectivity index (χ1n) is 9.11. The summed E-state index contributed by atoms with van der Waals surface area (Å²) in [5, 5.41) is 3.86. The van der Waals surface area contributed by atoms with Crippen LogP contribution in [0.1, 0.15) is 21.8 Å². The van der Waals surface area contributed by atoms with E-state index in [0.29, 0.717) is 22.4 Å². The predicted octanol–water partition coefficient (Wildman–Crippen LogP) is 2.01. The van der Waals surface area contributed by atoms with Gasteiger partial charge < -0.3 is 14.0 Å². The molecule has 0 fully saturated rings. The third-order valence-electron chi connectivity index (χ3n) is 4.60. The molecule has 1 aromatic heterocycles. The minimum atomic E-state index is -0.756. The molecule has 0 spiro atoms. The topological polar surface area (TPSA) is 112 Å². The molecule has 9 nitrogen and oxygen atoms in total. The first kappa shape index (κ1) is 19.3. The Hall–Kier alpha value is -4.01. The summed E-state index contributed by atoms with van der Waals surface area (Å²) in [6.07, 6.45) is 0.0567. The molecular formula is C21H17N3O6. The molecule has 30 heavy (non-hydrogen) atoms. The van der Waals surface area contributed by atoms with Crippen molar-refractivity contribution >= 4 is 17.8 Å². The van der Waals surface area contributed by atoms with Gasteiger partial charge in [-0.25, -0.2) is 0 Å². The molecule has 0 unspecified atom stereocenters. The lowest BCUT2D eigenvalue weighted by atomic mass is 9.98. The van der Waals surface area contributed by atoms with Crippen molar-refractivity contribution in [2.24, 2.45) is 0 Å². The molecule has 0 bridgehead atoms. The minimum Gasteiger partial charge on any atom is -0.496 e. The summed E-state index contributed by atoms with van der Waals surface area (Å²) in [7, 11) is 1.53. The Balaban J connectivity index is 1.38. The van der Waals surface area contributed by atoms with Gasteiger partial charge in [-0.3, -0.25) is 19.3 Å². The number of hydrogen-bond acceptors (Lipinski definition) is 8. The van der Waals surface area contributed by atoms with Crippen molar-refractivity contribution in [1.29, 1.82) is 0 Å². The fourth-order valence-electron chi connectivity index (χ4n) is 3.13. The van der Waals surface area contributed by atoms with Crippen LogP contribution < -0.4 is 4.74 Å². The van der Waals surface area contributed by atoms with Gasteiger partial charge >= 0.3 is 5.97 Å². The van der Waals surface area contributed by atoms with Crippen molar-refractivity contribution in [3.8, 4) is 17.1 Å². The quantitative estimate of drug-likeness (QED) is 0.451. The van der Waals surface area contributed by atoms with Crippen LogP contribution in [0.4, 0.5) is 0 Å². The molecule has 0 atom stereocenters. The summed E-state index contributed by atoms with van der Waals surface area (Å²) < 4.78 is 15.5. The van der Waals surface area contributed by atoms with Crippen LogP contribution in [0.3, 0.4) is 0 Å². The summed E-state index contributed by atoms with van der Waals surface area (Å²) >= 11 is 0. The molecule has 0 radical (unpaired) electrons. The Morgan fingerprint density at radius 3 is 2.63 bits per heavy atom. The summed E-state index contributed by atoms with van der Waals surface area (Å²) in [6.45, 7) is -0.771. The van der Waals surface area contributed by atoms with Crippen LogP contribution in [0.25, 0.3) is 11.4 Å². The molecule has 1 aliphatic heterocycles. The standard InChI is InChI=1S/C21H17N3O6/c1-28-16-9-5-4-8-15(16)20-22-17(30-23-20)12-29-19(26)11-24-18(25)10-13-6-2-3-7-14(13)21(24)27/h2-9H,10-12H2,1H3. The highest BCUT2D eigenvalue weighted by atomic mass is 16.6. The maximum atomic E-state index is 12.5. The molecule has 1 aliphatic rings. The molecule has 2 amide bonds. The van der Waals surface area contributed by atoms with Crippen LogP contribution in [0.5, 0.6) is 5.75 Å². The predicted molar refractivity (Wildman–Crippen MR) is 102 cm³/mol. The van der Waals surface area contributed by atoms with E-state index in [9.17, 15) is 14.4 Å². The first-order valence-corrected chi connectivity index (χ1v) is 9.11. The molecule has 0 saturated carbocycles. The van der Waals surface area contributed by atoms with E-state index in [1.165, 1.54) is 7.11 Å². The van der Waals surface area contributed by atoms with Crippen molar-refractivity contribution in [3.05, 3.63) is 65.5 Å². The normalized spacial score (nSPS) is 13.2. The Morgan fingerprint density at radius 2 is 1.83 bits per heavy atom. The molecule has 0 aliphatic carbocycles. The Labute approximate surface area is 171 Å². The van der Waals surface area contributed by atoms with E-state index in [1.807, 2.05) is 6.07 Å². The molecule has 0 saturated heterocycles. The number of benzene rings is 2. The zero-order chi connectivity index (χ0) is 21.1. The number of imide groups is 1. The van der Waals surface area contributed by atoms with Crippen LogP contribution in [0.15, 0.2) is 53.1 Å². The SMILES string of the molecule is COc1ccccc1-c1noc(COC(=O)CN2C(=O)Cc3ccccc3C2=O)n1. The van der Waals surface area contributed by atoms with Gasteiger partial charge in [-0.05, 0) is 23.8 Å². The smallest absolute Gasteiger partial charge is 0.326 e. The lowest BCUT2D eigenvalue weighted by Gasteiger charge is -2.25. The number of fused-ring (bicyclic) bond motifs is 1. The first-order chi connectivity index (χ1) is 14.6. The Morgan fingerprint density at radius 1 is 1.10 bits per heavy atom. The largest absolute Gasteiger partial charge is 0.496 e. The summed E-state index contributed by atoms with van der Waals surface area (Å²) in [5.41, 5.74) is 1.68. The third kappa shape index (κ3) is 3.77. The maximum absolute atomic E-state index is 12.5. The molecule has 2 heterocycles. The van der Waals surface area contributed by atoms with E-state index in [4.69, 9.17) is 14.0 Å². The molecule has 152 valence electrons. The fraction of sp³-hybridized carbons (Fsp3) is 0.190. The van der Waals surface area contributed by atoms with Gasteiger partial charge in [0.1, 0.15) is 12.3 Å². The van der Waals surface area contributed by atoms with Gasteiger partial charge in [0.2, 0.25) is 11.7 Å². The van der Waals surface area contributed by atoms with Crippen molar-refractivity contribution in [2.45, 2.75) is 13.0 Å². The highest BCUT2D eigenvalue weighted by Gasteiger charge is 2.32. The van der Waals surface area contributed by atoms with Gasteiger partial charge in [0.05, 0.1) is 19.1 Å². The summed E-state index contributed by atoms with van der Waals surface area (Å²) in [6, 6.07) is 14.0. The second-order valence-electron chi connectivity index (χ2n) is 6.49. The second kappa shape index (κ2) is 8.16. The minimum absolute atomic E-state index is 0.0567. The van der Waals surface area contributed by atoms with Crippen LogP contribution in [-0.2, 0) is 27.4 Å². The number of aromatic nitrogens is 2. The average Bonchev–Trinajstić information content (AvgIpc) is 3.24. The van der Waals surface area contributed by atoms with Crippen molar-refractivity contribution in [3.63, 3.8) is 0 Å². The number of rotatable bonds is 6. The number of para-hydroxylation sites is 1. The number of hydrogen-bond donors (Lipinski definition) is 0. The lowest BCUT2D eigenvalue weighted by Crippen LogP contribution is -2.45. The van der Waals surface area contributed by atoms with Crippen molar-refractivity contribution in [2.75, 3.05) is 13.7 Å². The van der Waals surface area contributed by atoms with Gasteiger partial charge in [0, 0.05) is 5.56 Å². The molecular weight excluding hydrogens is 390 g/mol.